The average Bonchev–Trinajstić information content (AvgIpc) is 2.40. The van der Waals surface area contributed by atoms with Crippen LogP contribution in [0, 0.1) is 5.82 Å². The maximum absolute atomic E-state index is 13.8. The molecule has 3 rings (SSSR count). The van der Waals surface area contributed by atoms with Gasteiger partial charge in [-0.2, -0.15) is 0 Å². The van der Waals surface area contributed by atoms with Gasteiger partial charge in [-0.1, -0.05) is 24.3 Å². The minimum Gasteiger partial charge on any atom is -0.323 e. The topological polar surface area (TPSA) is 29.1 Å². The standard InChI is InChI=1S/C14H9BrFNOS/c15-9-5-3-7-11-12(9)17-14(18)13(19-11)8-4-1-2-6-10(8)16/h1-7,13H,(H,17,18). The molecular weight excluding hydrogens is 329 g/mol. The second-order valence-electron chi connectivity index (χ2n) is 4.12. The van der Waals surface area contributed by atoms with Gasteiger partial charge in [0, 0.05) is 14.9 Å². The highest BCUT2D eigenvalue weighted by Crippen LogP contribution is 2.46. The van der Waals surface area contributed by atoms with Gasteiger partial charge in [-0.15, -0.1) is 11.8 Å². The fourth-order valence-electron chi connectivity index (χ4n) is 1.99. The van der Waals surface area contributed by atoms with Gasteiger partial charge in [0.25, 0.3) is 0 Å². The summed E-state index contributed by atoms with van der Waals surface area (Å²) < 4.78 is 14.6. The number of benzene rings is 2. The molecule has 0 saturated carbocycles. The summed E-state index contributed by atoms with van der Waals surface area (Å²) in [6.45, 7) is 0. The van der Waals surface area contributed by atoms with Crippen LogP contribution in [-0.4, -0.2) is 5.91 Å². The molecular formula is C14H9BrFNOS. The van der Waals surface area contributed by atoms with Crippen LogP contribution in [-0.2, 0) is 4.79 Å². The van der Waals surface area contributed by atoms with Crippen LogP contribution in [0.3, 0.4) is 0 Å². The van der Waals surface area contributed by atoms with E-state index in [1.807, 2.05) is 18.2 Å². The van der Waals surface area contributed by atoms with Gasteiger partial charge in [0.1, 0.15) is 11.1 Å². The SMILES string of the molecule is O=C1Nc2c(Br)cccc2SC1c1ccccc1F. The quantitative estimate of drug-likeness (QED) is 0.836. The first kappa shape index (κ1) is 12.7. The monoisotopic (exact) mass is 337 g/mol. The van der Waals surface area contributed by atoms with E-state index in [0.29, 0.717) is 5.56 Å². The number of nitrogens with one attached hydrogen (secondary N) is 1. The fraction of sp³-hybridized carbons (Fsp3) is 0.0714. The van der Waals surface area contributed by atoms with Crippen LogP contribution in [0.2, 0.25) is 0 Å². The first-order chi connectivity index (χ1) is 9.16. The number of para-hydroxylation sites is 1. The van der Waals surface area contributed by atoms with Gasteiger partial charge < -0.3 is 5.32 Å². The molecule has 0 aromatic heterocycles. The zero-order chi connectivity index (χ0) is 13.4. The molecule has 0 saturated heterocycles. The van der Waals surface area contributed by atoms with Crippen molar-refractivity contribution >= 4 is 39.3 Å². The lowest BCUT2D eigenvalue weighted by molar-refractivity contribution is -0.116. The Morgan fingerprint density at radius 2 is 1.95 bits per heavy atom. The molecule has 2 nitrogen and oxygen atoms in total. The van der Waals surface area contributed by atoms with Crippen molar-refractivity contribution in [3.05, 3.63) is 58.3 Å². The summed E-state index contributed by atoms with van der Waals surface area (Å²) in [7, 11) is 0. The van der Waals surface area contributed by atoms with E-state index in [1.165, 1.54) is 17.8 Å². The Morgan fingerprint density at radius 1 is 1.16 bits per heavy atom. The number of hydrogen-bond acceptors (Lipinski definition) is 2. The zero-order valence-corrected chi connectivity index (χ0v) is 12.1. The van der Waals surface area contributed by atoms with E-state index in [2.05, 4.69) is 21.2 Å². The van der Waals surface area contributed by atoms with Crippen LogP contribution in [0.25, 0.3) is 0 Å². The molecule has 19 heavy (non-hydrogen) atoms. The zero-order valence-electron chi connectivity index (χ0n) is 9.69. The van der Waals surface area contributed by atoms with Gasteiger partial charge in [0.15, 0.2) is 0 Å². The summed E-state index contributed by atoms with van der Waals surface area (Å²) in [4.78, 5) is 13.1. The summed E-state index contributed by atoms with van der Waals surface area (Å²) in [6.07, 6.45) is 0. The molecule has 0 bridgehead atoms. The number of amides is 1. The number of thioether (sulfide) groups is 1. The van der Waals surface area contributed by atoms with Crippen molar-refractivity contribution in [1.82, 2.24) is 0 Å². The van der Waals surface area contributed by atoms with Gasteiger partial charge in [-0.05, 0) is 34.1 Å². The van der Waals surface area contributed by atoms with Crippen molar-refractivity contribution in [3.63, 3.8) is 0 Å². The minimum absolute atomic E-state index is 0.200. The Kier molecular flexibility index (Phi) is 3.33. The first-order valence-electron chi connectivity index (χ1n) is 5.67. The van der Waals surface area contributed by atoms with Crippen molar-refractivity contribution in [2.24, 2.45) is 0 Å². The van der Waals surface area contributed by atoms with Gasteiger partial charge in [-0.25, -0.2) is 4.39 Å². The third kappa shape index (κ3) is 2.28. The number of carbonyl (C=O) groups is 1. The molecule has 1 aliphatic rings. The molecule has 96 valence electrons. The van der Waals surface area contributed by atoms with Crippen LogP contribution in [0.4, 0.5) is 10.1 Å². The predicted molar refractivity (Wildman–Crippen MR) is 77.8 cm³/mol. The second-order valence-corrected chi connectivity index (χ2v) is 6.12. The van der Waals surface area contributed by atoms with Crippen molar-refractivity contribution in [3.8, 4) is 0 Å². The highest BCUT2D eigenvalue weighted by Gasteiger charge is 2.30. The van der Waals surface area contributed by atoms with Crippen molar-refractivity contribution in [1.29, 1.82) is 0 Å². The third-order valence-corrected chi connectivity index (χ3v) is 4.85. The predicted octanol–water partition coefficient (Wildman–Crippen LogP) is 4.37. The molecule has 1 heterocycles. The molecule has 2 aromatic rings. The number of anilines is 1. The van der Waals surface area contributed by atoms with Crippen LogP contribution < -0.4 is 5.32 Å². The molecule has 1 unspecified atom stereocenters. The average molecular weight is 338 g/mol. The van der Waals surface area contributed by atoms with Crippen molar-refractivity contribution in [2.75, 3.05) is 5.32 Å². The second kappa shape index (κ2) is 4.98. The normalized spacial score (nSPS) is 17.8. The molecule has 0 aliphatic carbocycles. The van der Waals surface area contributed by atoms with Crippen molar-refractivity contribution < 1.29 is 9.18 Å². The number of fused-ring (bicyclic) bond motifs is 1. The number of rotatable bonds is 1. The fourth-order valence-corrected chi connectivity index (χ4v) is 3.76. The van der Waals surface area contributed by atoms with Crippen LogP contribution in [0.15, 0.2) is 51.8 Å². The largest absolute Gasteiger partial charge is 0.323 e. The molecule has 2 aromatic carbocycles. The van der Waals surface area contributed by atoms with E-state index in [4.69, 9.17) is 0 Å². The molecule has 0 radical (unpaired) electrons. The summed E-state index contributed by atoms with van der Waals surface area (Å²) in [5, 5.41) is 2.28. The lowest BCUT2D eigenvalue weighted by atomic mass is 10.1. The molecule has 1 aliphatic heterocycles. The molecule has 0 fully saturated rings. The Morgan fingerprint density at radius 3 is 2.74 bits per heavy atom. The van der Waals surface area contributed by atoms with Crippen LogP contribution in [0.5, 0.6) is 0 Å². The smallest absolute Gasteiger partial charge is 0.242 e. The maximum Gasteiger partial charge on any atom is 0.242 e. The van der Waals surface area contributed by atoms with Gasteiger partial charge in [0.05, 0.1) is 5.69 Å². The van der Waals surface area contributed by atoms with Crippen LogP contribution in [0.1, 0.15) is 10.8 Å². The summed E-state index contributed by atoms with van der Waals surface area (Å²) in [5.74, 6) is -0.553. The molecule has 1 atom stereocenters. The van der Waals surface area contributed by atoms with Crippen molar-refractivity contribution in [2.45, 2.75) is 10.1 Å². The van der Waals surface area contributed by atoms with E-state index < -0.39 is 5.25 Å². The summed E-state index contributed by atoms with van der Waals surface area (Å²) in [5.41, 5.74) is 1.17. The Hall–Kier alpha value is -1.33. The molecule has 1 N–H and O–H groups in total. The Balaban J connectivity index is 2.03. The molecule has 0 spiro atoms. The van der Waals surface area contributed by atoms with E-state index in [0.717, 1.165) is 15.1 Å². The van der Waals surface area contributed by atoms with E-state index >= 15 is 0 Å². The number of carbonyl (C=O) groups excluding carboxylic acids is 1. The molecule has 1 amide bonds. The number of hydrogen-bond donors (Lipinski definition) is 1. The summed E-state index contributed by atoms with van der Waals surface area (Å²) >= 11 is 4.76. The highest BCUT2D eigenvalue weighted by atomic mass is 79.9. The van der Waals surface area contributed by atoms with Gasteiger partial charge in [0.2, 0.25) is 5.91 Å². The van der Waals surface area contributed by atoms with Crippen LogP contribution >= 0.6 is 27.7 Å². The lowest BCUT2D eigenvalue weighted by Crippen LogP contribution is -2.24. The first-order valence-corrected chi connectivity index (χ1v) is 7.34. The number of halogens is 2. The third-order valence-electron chi connectivity index (χ3n) is 2.89. The lowest BCUT2D eigenvalue weighted by Gasteiger charge is -2.25. The summed E-state index contributed by atoms with van der Waals surface area (Å²) in [6, 6.07) is 12.1. The maximum atomic E-state index is 13.8. The minimum atomic E-state index is -0.553. The molecule has 5 heteroatoms. The van der Waals surface area contributed by atoms with Gasteiger partial charge >= 0.3 is 0 Å². The van der Waals surface area contributed by atoms with E-state index in [-0.39, 0.29) is 11.7 Å². The Labute approximate surface area is 122 Å². The van der Waals surface area contributed by atoms with Gasteiger partial charge in [-0.3, -0.25) is 4.79 Å². The Bertz CT molecular complexity index is 662. The highest BCUT2D eigenvalue weighted by molar-refractivity contribution is 9.10. The van der Waals surface area contributed by atoms with E-state index in [1.54, 1.807) is 18.2 Å². The van der Waals surface area contributed by atoms with E-state index in [9.17, 15) is 9.18 Å².